The monoisotopic (exact) mass is 354 g/mol. The minimum atomic E-state index is 0.00736. The van der Waals surface area contributed by atoms with Crippen molar-refractivity contribution >= 4 is 22.9 Å². The molecule has 0 aromatic carbocycles. The van der Waals surface area contributed by atoms with Crippen LogP contribution in [0.5, 0.6) is 0 Å². The fraction of sp³-hybridized carbons (Fsp3) is 0.533. The number of likely N-dealkylation sites (tertiary alicyclic amines) is 1. The van der Waals surface area contributed by atoms with Crippen molar-refractivity contribution in [1.82, 2.24) is 45.0 Å². The van der Waals surface area contributed by atoms with Crippen LogP contribution in [0.1, 0.15) is 19.3 Å². The predicted octanol–water partition coefficient (Wildman–Crippen LogP) is -0.167. The van der Waals surface area contributed by atoms with Gasteiger partial charge < -0.3 is 15.2 Å². The lowest BCUT2D eigenvalue weighted by Crippen LogP contribution is -2.45. The number of H-pyrrole nitrogens is 1. The number of hydrogen-bond donors (Lipinski definition) is 2. The van der Waals surface area contributed by atoms with Crippen molar-refractivity contribution in [2.45, 2.75) is 31.8 Å². The summed E-state index contributed by atoms with van der Waals surface area (Å²) in [5.74, 6) is 0.740. The lowest BCUT2D eigenvalue weighted by molar-refractivity contribution is -0.131. The van der Waals surface area contributed by atoms with E-state index in [1.165, 1.54) is 23.9 Å². The Morgan fingerprint density at radius 3 is 3.00 bits per heavy atom. The molecule has 134 valence electrons. The largest absolute Gasteiger partial charge is 0.363 e. The molecule has 1 amide bonds. The molecule has 0 radical (unpaired) electrons. The second kappa shape index (κ2) is 5.71. The summed E-state index contributed by atoms with van der Waals surface area (Å²) in [6, 6.07) is 0.144. The molecule has 2 fully saturated rings. The van der Waals surface area contributed by atoms with Gasteiger partial charge in [-0.15, -0.1) is 10.2 Å². The van der Waals surface area contributed by atoms with Crippen molar-refractivity contribution in [3.05, 3.63) is 19.0 Å². The summed E-state index contributed by atoms with van der Waals surface area (Å²) in [7, 11) is 0. The molecule has 1 saturated carbocycles. The van der Waals surface area contributed by atoms with Gasteiger partial charge in [-0.25, -0.2) is 15.0 Å². The number of fused-ring (bicyclic) bond motifs is 1. The number of rotatable bonds is 4. The predicted molar refractivity (Wildman–Crippen MR) is 89.8 cm³/mol. The van der Waals surface area contributed by atoms with Gasteiger partial charge in [-0.1, -0.05) is 6.42 Å². The van der Waals surface area contributed by atoms with Crippen LogP contribution in [0.15, 0.2) is 19.0 Å². The molecule has 1 aliphatic heterocycles. The molecular formula is C15H18N10O. The molecule has 1 aliphatic carbocycles. The van der Waals surface area contributed by atoms with Gasteiger partial charge in [0.25, 0.3) is 0 Å². The van der Waals surface area contributed by atoms with Crippen LogP contribution in [0.3, 0.4) is 0 Å². The highest BCUT2D eigenvalue weighted by Crippen LogP contribution is 2.49. The van der Waals surface area contributed by atoms with Crippen molar-refractivity contribution in [2.75, 3.05) is 18.4 Å². The second-order valence-electron chi connectivity index (χ2n) is 6.98. The average molecular weight is 354 g/mol. The number of hydrogen-bond acceptors (Lipinski definition) is 8. The molecule has 3 aromatic rings. The smallest absolute Gasteiger partial charge is 0.246 e. The van der Waals surface area contributed by atoms with E-state index in [9.17, 15) is 4.79 Å². The summed E-state index contributed by atoms with van der Waals surface area (Å²) >= 11 is 0. The van der Waals surface area contributed by atoms with Crippen molar-refractivity contribution in [2.24, 2.45) is 5.41 Å². The van der Waals surface area contributed by atoms with E-state index in [0.717, 1.165) is 30.7 Å². The van der Waals surface area contributed by atoms with Gasteiger partial charge in [-0.2, -0.15) is 4.80 Å². The highest BCUT2D eigenvalue weighted by atomic mass is 16.2. The molecule has 11 heteroatoms. The number of imidazole rings is 1. The number of amides is 1. The number of tetrazole rings is 1. The number of carbonyl (C=O) groups is 1. The molecule has 2 N–H and O–H groups in total. The Morgan fingerprint density at radius 1 is 1.31 bits per heavy atom. The second-order valence-corrected chi connectivity index (χ2v) is 6.98. The van der Waals surface area contributed by atoms with E-state index < -0.39 is 0 Å². The van der Waals surface area contributed by atoms with E-state index >= 15 is 0 Å². The maximum absolute atomic E-state index is 12.6. The molecule has 4 heterocycles. The van der Waals surface area contributed by atoms with Crippen LogP contribution in [-0.2, 0) is 11.3 Å². The maximum atomic E-state index is 12.6. The number of aromatic nitrogens is 8. The number of aromatic amines is 1. The quantitative estimate of drug-likeness (QED) is 0.660. The standard InChI is InChI=1S/C15H18N10O/c26-11(5-25-21-9-20-23-25)24-4-10(15(6-24)2-1-3-15)22-14-12-13(17-7-16-12)18-8-19-14/h7-10H,1-6H2,(H2,16,17,18,19,22). The number of nitrogens with one attached hydrogen (secondary N) is 2. The molecule has 1 saturated heterocycles. The van der Waals surface area contributed by atoms with Crippen molar-refractivity contribution < 1.29 is 4.79 Å². The van der Waals surface area contributed by atoms with Gasteiger partial charge in [0.1, 0.15) is 18.4 Å². The maximum Gasteiger partial charge on any atom is 0.246 e. The SMILES string of the molecule is O=C(Cn1ncnn1)N1CC(Nc2ncnc3nc[nH]c23)C2(CCC2)C1. The van der Waals surface area contributed by atoms with Crippen LogP contribution in [0.25, 0.3) is 11.2 Å². The third kappa shape index (κ3) is 2.38. The third-order valence-corrected chi connectivity index (χ3v) is 5.55. The van der Waals surface area contributed by atoms with Crippen LogP contribution in [0, 0.1) is 5.41 Å². The topological polar surface area (TPSA) is 130 Å². The average Bonchev–Trinajstić information content (AvgIpc) is 3.33. The fourth-order valence-electron chi connectivity index (χ4n) is 4.02. The Kier molecular flexibility index (Phi) is 3.33. The zero-order valence-electron chi connectivity index (χ0n) is 14.0. The Hall–Kier alpha value is -3.11. The first-order valence-electron chi connectivity index (χ1n) is 8.63. The fourth-order valence-corrected chi connectivity index (χ4v) is 4.02. The Bertz CT molecular complexity index is 931. The molecular weight excluding hydrogens is 336 g/mol. The van der Waals surface area contributed by atoms with E-state index in [-0.39, 0.29) is 23.9 Å². The summed E-state index contributed by atoms with van der Waals surface area (Å²) in [6.45, 7) is 1.49. The Morgan fingerprint density at radius 2 is 2.23 bits per heavy atom. The van der Waals surface area contributed by atoms with Crippen LogP contribution < -0.4 is 5.32 Å². The Balaban J connectivity index is 1.36. The molecule has 3 aromatic heterocycles. The van der Waals surface area contributed by atoms with Crippen LogP contribution in [0.4, 0.5) is 5.82 Å². The molecule has 1 unspecified atom stereocenters. The minimum Gasteiger partial charge on any atom is -0.363 e. The Labute approximate surface area is 148 Å². The molecule has 2 aliphatic rings. The summed E-state index contributed by atoms with van der Waals surface area (Å²) in [4.78, 5) is 31.6. The number of carbonyl (C=O) groups excluding carboxylic acids is 1. The molecule has 1 atom stereocenters. The van der Waals surface area contributed by atoms with Gasteiger partial charge in [0, 0.05) is 18.5 Å². The molecule has 11 nitrogen and oxygen atoms in total. The number of nitrogens with zero attached hydrogens (tertiary/aromatic N) is 8. The first-order chi connectivity index (χ1) is 12.7. The van der Waals surface area contributed by atoms with Gasteiger partial charge in [-0.3, -0.25) is 4.79 Å². The van der Waals surface area contributed by atoms with Gasteiger partial charge in [0.2, 0.25) is 5.91 Å². The van der Waals surface area contributed by atoms with Crippen LogP contribution in [-0.4, -0.2) is 70.1 Å². The summed E-state index contributed by atoms with van der Waals surface area (Å²) in [5, 5.41) is 14.9. The van der Waals surface area contributed by atoms with Gasteiger partial charge >= 0.3 is 0 Å². The van der Waals surface area contributed by atoms with Crippen LogP contribution >= 0.6 is 0 Å². The van der Waals surface area contributed by atoms with E-state index in [4.69, 9.17) is 0 Å². The zero-order chi connectivity index (χ0) is 17.6. The summed E-state index contributed by atoms with van der Waals surface area (Å²) < 4.78 is 0. The highest BCUT2D eigenvalue weighted by Gasteiger charge is 2.51. The molecule has 26 heavy (non-hydrogen) atoms. The molecule has 1 spiro atoms. The number of anilines is 1. The van der Waals surface area contributed by atoms with E-state index in [2.05, 4.69) is 40.7 Å². The zero-order valence-corrected chi connectivity index (χ0v) is 14.0. The molecule has 0 bridgehead atoms. The van der Waals surface area contributed by atoms with E-state index in [0.29, 0.717) is 12.2 Å². The minimum absolute atomic E-state index is 0.00736. The van der Waals surface area contributed by atoms with Crippen molar-refractivity contribution in [3.63, 3.8) is 0 Å². The normalized spacial score (nSPS) is 21.2. The summed E-state index contributed by atoms with van der Waals surface area (Å²) in [6.07, 6.45) is 7.85. The van der Waals surface area contributed by atoms with E-state index in [1.807, 2.05) is 4.90 Å². The van der Waals surface area contributed by atoms with Gasteiger partial charge in [0.05, 0.1) is 12.4 Å². The van der Waals surface area contributed by atoms with Gasteiger partial charge in [0.15, 0.2) is 17.8 Å². The highest BCUT2D eigenvalue weighted by molar-refractivity contribution is 5.82. The summed E-state index contributed by atoms with van der Waals surface area (Å²) in [5.41, 5.74) is 1.52. The van der Waals surface area contributed by atoms with Crippen LogP contribution in [0.2, 0.25) is 0 Å². The van der Waals surface area contributed by atoms with Gasteiger partial charge in [-0.05, 0) is 18.1 Å². The first kappa shape index (κ1) is 15.2. The molecule has 5 rings (SSSR count). The first-order valence-corrected chi connectivity index (χ1v) is 8.63. The van der Waals surface area contributed by atoms with Crippen molar-refractivity contribution in [1.29, 1.82) is 0 Å². The lowest BCUT2D eigenvalue weighted by atomic mass is 9.65. The third-order valence-electron chi connectivity index (χ3n) is 5.55. The van der Waals surface area contributed by atoms with E-state index in [1.54, 1.807) is 6.33 Å². The van der Waals surface area contributed by atoms with Crippen molar-refractivity contribution in [3.8, 4) is 0 Å². The lowest BCUT2D eigenvalue weighted by Gasteiger charge is -2.42.